The molecule has 6 heteroatoms. The van der Waals surface area contributed by atoms with E-state index in [0.717, 1.165) is 11.3 Å². The molecule has 1 amide bonds. The number of rotatable bonds is 2. The number of carbonyl (C=O) groups excluding carboxylic acids is 1. The Hall–Kier alpha value is -2.08. The number of carboxylic acid groups (broad SMARTS) is 1. The van der Waals surface area contributed by atoms with Crippen molar-refractivity contribution >= 4 is 17.6 Å². The van der Waals surface area contributed by atoms with Gasteiger partial charge in [-0.3, -0.25) is 9.59 Å². The first-order chi connectivity index (χ1) is 10.3. The Labute approximate surface area is 129 Å². The highest BCUT2D eigenvalue weighted by Gasteiger charge is 2.39. The third kappa shape index (κ3) is 2.33. The summed E-state index contributed by atoms with van der Waals surface area (Å²) in [5.41, 5.74) is 0.830. The highest BCUT2D eigenvalue weighted by molar-refractivity contribution is 6.02. The van der Waals surface area contributed by atoms with Crippen LogP contribution in [0, 0.1) is 5.92 Å². The number of hydrogen-bond donors (Lipinski definition) is 2. The predicted octanol–water partition coefficient (Wildman–Crippen LogP) is 1.56. The predicted molar refractivity (Wildman–Crippen MR) is 81.0 cm³/mol. The molecule has 2 aliphatic rings. The van der Waals surface area contributed by atoms with Gasteiger partial charge in [-0.05, 0) is 38.0 Å². The minimum absolute atomic E-state index is 0.00941. The van der Waals surface area contributed by atoms with Crippen LogP contribution in [-0.4, -0.2) is 36.2 Å². The molecular weight excluding hydrogens is 284 g/mol. The molecule has 118 valence electrons. The van der Waals surface area contributed by atoms with Crippen LogP contribution in [0.5, 0.6) is 5.75 Å². The van der Waals surface area contributed by atoms with Crippen LogP contribution in [0.2, 0.25) is 0 Å². The van der Waals surface area contributed by atoms with Crippen LogP contribution in [0.1, 0.15) is 31.9 Å². The van der Waals surface area contributed by atoms with Crippen molar-refractivity contribution in [2.45, 2.75) is 31.9 Å². The topological polar surface area (TPSA) is 78.9 Å². The standard InChI is InChI=1S/C16H20N2O4/c1-16(2)15(21)18(3)12-7-9(4-5-13(12)22-16)11-6-10(8-17-11)14(19)20/h4-5,7,10-11,17H,6,8H2,1-3H3,(H,19,20). The molecule has 0 spiro atoms. The fraction of sp³-hybridized carbons (Fsp3) is 0.500. The maximum Gasteiger partial charge on any atom is 0.307 e. The number of benzene rings is 1. The molecule has 6 nitrogen and oxygen atoms in total. The van der Waals surface area contributed by atoms with Crippen LogP contribution in [0.25, 0.3) is 0 Å². The first-order valence-electron chi connectivity index (χ1n) is 7.37. The Bertz CT molecular complexity index is 641. The van der Waals surface area contributed by atoms with Gasteiger partial charge in [0.05, 0.1) is 11.6 Å². The van der Waals surface area contributed by atoms with Gasteiger partial charge in [0.1, 0.15) is 5.75 Å². The van der Waals surface area contributed by atoms with E-state index in [4.69, 9.17) is 9.84 Å². The second-order valence-corrected chi connectivity index (χ2v) is 6.44. The van der Waals surface area contributed by atoms with Gasteiger partial charge in [-0.1, -0.05) is 6.07 Å². The SMILES string of the molecule is CN1C(=O)C(C)(C)Oc2ccc(C3CC(C(=O)O)CN3)cc21. The van der Waals surface area contributed by atoms with Gasteiger partial charge in [0.25, 0.3) is 5.91 Å². The van der Waals surface area contributed by atoms with E-state index in [9.17, 15) is 9.59 Å². The molecule has 2 N–H and O–H groups in total. The minimum Gasteiger partial charge on any atom is -0.481 e. The third-order valence-electron chi connectivity index (χ3n) is 4.41. The second-order valence-electron chi connectivity index (χ2n) is 6.44. The van der Waals surface area contributed by atoms with E-state index in [1.54, 1.807) is 25.8 Å². The number of fused-ring (bicyclic) bond motifs is 1. The quantitative estimate of drug-likeness (QED) is 0.867. The number of amides is 1. The number of ether oxygens (including phenoxy) is 1. The minimum atomic E-state index is -0.872. The zero-order chi connectivity index (χ0) is 16.1. The first-order valence-corrected chi connectivity index (χ1v) is 7.37. The van der Waals surface area contributed by atoms with Crippen molar-refractivity contribution in [2.75, 3.05) is 18.5 Å². The molecule has 1 aromatic rings. The van der Waals surface area contributed by atoms with Gasteiger partial charge in [0.15, 0.2) is 5.60 Å². The molecule has 0 aliphatic carbocycles. The van der Waals surface area contributed by atoms with E-state index in [-0.39, 0.29) is 17.9 Å². The van der Waals surface area contributed by atoms with Crippen LogP contribution < -0.4 is 15.0 Å². The normalized spacial score (nSPS) is 26.5. The fourth-order valence-electron chi connectivity index (χ4n) is 3.11. The highest BCUT2D eigenvalue weighted by Crippen LogP contribution is 2.39. The van der Waals surface area contributed by atoms with Gasteiger partial charge in [0.2, 0.25) is 0 Å². The van der Waals surface area contributed by atoms with Crippen LogP contribution in [0.15, 0.2) is 18.2 Å². The molecule has 1 saturated heterocycles. The van der Waals surface area contributed by atoms with Crippen molar-refractivity contribution in [2.24, 2.45) is 5.92 Å². The molecule has 0 bridgehead atoms. The molecular formula is C16H20N2O4. The maximum absolute atomic E-state index is 12.3. The van der Waals surface area contributed by atoms with E-state index in [1.165, 1.54) is 0 Å². The number of likely N-dealkylation sites (N-methyl/N-ethyl adjacent to an activating group) is 1. The van der Waals surface area contributed by atoms with E-state index >= 15 is 0 Å². The average molecular weight is 304 g/mol. The number of carbonyl (C=O) groups is 2. The summed E-state index contributed by atoms with van der Waals surface area (Å²) in [6.45, 7) is 3.97. The summed E-state index contributed by atoms with van der Waals surface area (Å²) in [7, 11) is 1.73. The lowest BCUT2D eigenvalue weighted by atomic mass is 9.98. The van der Waals surface area contributed by atoms with Gasteiger partial charge in [-0.25, -0.2) is 0 Å². The lowest BCUT2D eigenvalue weighted by molar-refractivity contribution is -0.141. The first kappa shape index (κ1) is 14.8. The summed E-state index contributed by atoms with van der Waals surface area (Å²) in [6, 6.07) is 5.68. The third-order valence-corrected chi connectivity index (χ3v) is 4.41. The lowest BCUT2D eigenvalue weighted by Crippen LogP contribution is -2.50. The molecule has 2 atom stereocenters. The van der Waals surface area contributed by atoms with Crippen molar-refractivity contribution in [3.05, 3.63) is 23.8 Å². The Morgan fingerprint density at radius 3 is 2.82 bits per heavy atom. The molecule has 22 heavy (non-hydrogen) atoms. The molecule has 2 heterocycles. The van der Waals surface area contributed by atoms with Crippen molar-refractivity contribution < 1.29 is 19.4 Å². The zero-order valence-electron chi connectivity index (χ0n) is 12.9. The molecule has 2 aliphatic heterocycles. The van der Waals surface area contributed by atoms with Crippen LogP contribution in [0.3, 0.4) is 0 Å². The van der Waals surface area contributed by atoms with Gasteiger partial charge >= 0.3 is 5.97 Å². The van der Waals surface area contributed by atoms with Gasteiger partial charge in [-0.2, -0.15) is 0 Å². The number of anilines is 1. The van der Waals surface area contributed by atoms with Crippen LogP contribution in [-0.2, 0) is 9.59 Å². The van der Waals surface area contributed by atoms with Crippen LogP contribution >= 0.6 is 0 Å². The van der Waals surface area contributed by atoms with E-state index < -0.39 is 11.6 Å². The average Bonchev–Trinajstić information content (AvgIpc) is 2.94. The smallest absolute Gasteiger partial charge is 0.307 e. The molecule has 0 saturated carbocycles. The zero-order valence-corrected chi connectivity index (χ0v) is 12.9. The Morgan fingerprint density at radius 2 is 2.18 bits per heavy atom. The summed E-state index contributed by atoms with van der Waals surface area (Å²) in [5.74, 6) is -0.565. The Morgan fingerprint density at radius 1 is 1.45 bits per heavy atom. The maximum atomic E-state index is 12.3. The number of carboxylic acids is 1. The summed E-state index contributed by atoms with van der Waals surface area (Å²) in [5, 5.41) is 12.3. The van der Waals surface area contributed by atoms with Crippen molar-refractivity contribution in [3.8, 4) is 5.75 Å². The van der Waals surface area contributed by atoms with Gasteiger partial charge in [-0.15, -0.1) is 0 Å². The molecule has 2 unspecified atom stereocenters. The summed E-state index contributed by atoms with van der Waals surface area (Å²) in [4.78, 5) is 25.0. The van der Waals surface area contributed by atoms with Crippen molar-refractivity contribution in [3.63, 3.8) is 0 Å². The Kier molecular flexibility index (Phi) is 3.36. The van der Waals surface area contributed by atoms with E-state index in [1.807, 2.05) is 18.2 Å². The van der Waals surface area contributed by atoms with Gasteiger partial charge < -0.3 is 20.1 Å². The second kappa shape index (κ2) is 4.98. The number of nitrogens with one attached hydrogen (secondary N) is 1. The van der Waals surface area contributed by atoms with E-state index in [2.05, 4.69) is 5.32 Å². The summed E-state index contributed by atoms with van der Waals surface area (Å²) >= 11 is 0. The fourth-order valence-corrected chi connectivity index (χ4v) is 3.11. The summed E-state index contributed by atoms with van der Waals surface area (Å²) < 4.78 is 5.77. The van der Waals surface area contributed by atoms with Crippen molar-refractivity contribution in [1.82, 2.24) is 5.32 Å². The monoisotopic (exact) mass is 304 g/mol. The highest BCUT2D eigenvalue weighted by atomic mass is 16.5. The number of hydrogen-bond acceptors (Lipinski definition) is 4. The molecule has 0 radical (unpaired) electrons. The Balaban J connectivity index is 1.89. The number of aliphatic carboxylic acids is 1. The molecule has 1 aromatic carbocycles. The van der Waals surface area contributed by atoms with Crippen molar-refractivity contribution in [1.29, 1.82) is 0 Å². The molecule has 1 fully saturated rings. The van der Waals surface area contributed by atoms with Crippen LogP contribution in [0.4, 0.5) is 5.69 Å². The molecule has 0 aromatic heterocycles. The number of nitrogens with zero attached hydrogens (tertiary/aromatic N) is 1. The van der Waals surface area contributed by atoms with Gasteiger partial charge in [0, 0.05) is 19.6 Å². The lowest BCUT2D eigenvalue weighted by Gasteiger charge is -2.37. The summed E-state index contributed by atoms with van der Waals surface area (Å²) in [6.07, 6.45) is 0.554. The van der Waals surface area contributed by atoms with E-state index in [0.29, 0.717) is 18.7 Å². The molecule has 3 rings (SSSR count). The largest absolute Gasteiger partial charge is 0.481 e.